The molecule has 1 atom stereocenters. The summed E-state index contributed by atoms with van der Waals surface area (Å²) < 4.78 is 1.21. The van der Waals surface area contributed by atoms with Crippen LogP contribution >= 0.6 is 27.3 Å². The molecule has 1 N–H and O–H groups in total. The van der Waals surface area contributed by atoms with Crippen LogP contribution in [0.15, 0.2) is 45.6 Å². The highest BCUT2D eigenvalue weighted by Crippen LogP contribution is 2.19. The van der Waals surface area contributed by atoms with Gasteiger partial charge in [-0.05, 0) is 60.3 Å². The van der Waals surface area contributed by atoms with E-state index in [0.717, 1.165) is 12.8 Å². The van der Waals surface area contributed by atoms with Gasteiger partial charge in [-0.1, -0.05) is 34.1 Å². The summed E-state index contributed by atoms with van der Waals surface area (Å²) in [7, 11) is 2.05. The molecular weight excluding hydrogens is 306 g/mol. The lowest BCUT2D eigenvalue weighted by Gasteiger charge is -2.16. The smallest absolute Gasteiger partial charge is 0.0207 e. The topological polar surface area (TPSA) is 12.0 Å². The molecule has 0 aliphatic carbocycles. The Balaban J connectivity index is 1.91. The number of benzene rings is 1. The SMILES string of the molecule is CNC(CCc1ccsc1)Cc1ccccc1Br. The fourth-order valence-electron chi connectivity index (χ4n) is 2.05. The third-order valence-electron chi connectivity index (χ3n) is 3.19. The van der Waals surface area contributed by atoms with Gasteiger partial charge >= 0.3 is 0 Å². The van der Waals surface area contributed by atoms with E-state index >= 15 is 0 Å². The van der Waals surface area contributed by atoms with Gasteiger partial charge in [-0.3, -0.25) is 0 Å². The maximum atomic E-state index is 3.62. The van der Waals surface area contributed by atoms with Crippen molar-refractivity contribution in [1.29, 1.82) is 0 Å². The Hall–Kier alpha value is -0.640. The van der Waals surface area contributed by atoms with Gasteiger partial charge < -0.3 is 5.32 Å². The Morgan fingerprint density at radius 3 is 2.78 bits per heavy atom. The molecule has 0 aliphatic heterocycles. The first-order chi connectivity index (χ1) is 8.79. The largest absolute Gasteiger partial charge is 0.317 e. The molecule has 0 bridgehead atoms. The monoisotopic (exact) mass is 323 g/mol. The zero-order valence-corrected chi connectivity index (χ0v) is 12.9. The minimum Gasteiger partial charge on any atom is -0.317 e. The van der Waals surface area contributed by atoms with E-state index in [-0.39, 0.29) is 0 Å². The maximum Gasteiger partial charge on any atom is 0.0207 e. The van der Waals surface area contributed by atoms with Crippen molar-refractivity contribution >= 4 is 27.3 Å². The van der Waals surface area contributed by atoms with Crippen molar-refractivity contribution < 1.29 is 0 Å². The van der Waals surface area contributed by atoms with E-state index in [9.17, 15) is 0 Å². The third-order valence-corrected chi connectivity index (χ3v) is 4.70. The normalized spacial score (nSPS) is 12.6. The summed E-state index contributed by atoms with van der Waals surface area (Å²) >= 11 is 5.40. The van der Waals surface area contributed by atoms with Gasteiger partial charge in [0.15, 0.2) is 0 Å². The molecule has 0 saturated carbocycles. The van der Waals surface area contributed by atoms with Crippen molar-refractivity contribution in [2.45, 2.75) is 25.3 Å². The number of rotatable bonds is 6. The number of nitrogens with one attached hydrogen (secondary N) is 1. The maximum absolute atomic E-state index is 3.62. The second-order valence-corrected chi connectivity index (χ2v) is 6.09. The van der Waals surface area contributed by atoms with Gasteiger partial charge in [0.25, 0.3) is 0 Å². The van der Waals surface area contributed by atoms with Gasteiger partial charge in [0.05, 0.1) is 0 Å². The lowest BCUT2D eigenvalue weighted by Crippen LogP contribution is -2.28. The Kier molecular flexibility index (Phi) is 5.42. The second kappa shape index (κ2) is 7.07. The molecule has 1 unspecified atom stereocenters. The molecule has 0 radical (unpaired) electrons. The fourth-order valence-corrected chi connectivity index (χ4v) is 3.20. The number of thiophene rings is 1. The summed E-state index contributed by atoms with van der Waals surface area (Å²) in [6.45, 7) is 0. The molecule has 1 aromatic heterocycles. The average molecular weight is 324 g/mol. The van der Waals surface area contributed by atoms with E-state index in [1.165, 1.54) is 22.0 Å². The van der Waals surface area contributed by atoms with Gasteiger partial charge in [0.2, 0.25) is 0 Å². The molecule has 0 amide bonds. The molecule has 2 rings (SSSR count). The van der Waals surface area contributed by atoms with Crippen LogP contribution in [0.25, 0.3) is 0 Å². The second-order valence-electron chi connectivity index (χ2n) is 4.45. The number of hydrogen-bond donors (Lipinski definition) is 1. The van der Waals surface area contributed by atoms with Crippen LogP contribution in [0, 0.1) is 0 Å². The lowest BCUT2D eigenvalue weighted by molar-refractivity contribution is 0.520. The van der Waals surface area contributed by atoms with Crippen molar-refractivity contribution in [3.63, 3.8) is 0 Å². The van der Waals surface area contributed by atoms with Crippen molar-refractivity contribution in [3.05, 3.63) is 56.7 Å². The molecule has 0 saturated heterocycles. The van der Waals surface area contributed by atoms with Gasteiger partial charge in [0.1, 0.15) is 0 Å². The highest BCUT2D eigenvalue weighted by atomic mass is 79.9. The van der Waals surface area contributed by atoms with Gasteiger partial charge in [0, 0.05) is 10.5 Å². The summed E-state index contributed by atoms with van der Waals surface area (Å²) in [4.78, 5) is 0. The van der Waals surface area contributed by atoms with Crippen LogP contribution in [0.2, 0.25) is 0 Å². The zero-order valence-electron chi connectivity index (χ0n) is 10.5. The molecule has 1 nitrogen and oxygen atoms in total. The molecule has 3 heteroatoms. The molecule has 0 aliphatic rings. The first-order valence-corrected chi connectivity index (χ1v) is 7.95. The van der Waals surface area contributed by atoms with Crippen LogP contribution in [0.5, 0.6) is 0 Å². The standard InChI is InChI=1S/C15H18BrNS/c1-17-14(7-6-12-8-9-18-11-12)10-13-4-2-3-5-15(13)16/h2-5,8-9,11,14,17H,6-7,10H2,1H3. The Morgan fingerprint density at radius 1 is 1.28 bits per heavy atom. The molecule has 1 heterocycles. The molecular formula is C15H18BrNS. The van der Waals surface area contributed by atoms with Crippen molar-refractivity contribution in [1.82, 2.24) is 5.32 Å². The third kappa shape index (κ3) is 3.94. The van der Waals surface area contributed by atoms with Crippen molar-refractivity contribution in [3.8, 4) is 0 Å². The Labute approximate surface area is 121 Å². The average Bonchev–Trinajstić information content (AvgIpc) is 2.90. The predicted molar refractivity (Wildman–Crippen MR) is 83.3 cm³/mol. The fraction of sp³-hybridized carbons (Fsp3) is 0.333. The highest BCUT2D eigenvalue weighted by Gasteiger charge is 2.09. The summed E-state index contributed by atoms with van der Waals surface area (Å²) in [5.74, 6) is 0. The van der Waals surface area contributed by atoms with Crippen molar-refractivity contribution in [2.75, 3.05) is 7.05 Å². The van der Waals surface area contributed by atoms with E-state index in [4.69, 9.17) is 0 Å². The van der Waals surface area contributed by atoms with E-state index in [2.05, 4.69) is 69.4 Å². The lowest BCUT2D eigenvalue weighted by atomic mass is 10.0. The highest BCUT2D eigenvalue weighted by molar-refractivity contribution is 9.10. The summed E-state index contributed by atoms with van der Waals surface area (Å²) in [5, 5.41) is 7.81. The summed E-state index contributed by atoms with van der Waals surface area (Å²) in [6.07, 6.45) is 3.40. The van der Waals surface area contributed by atoms with Crippen LogP contribution in [0.3, 0.4) is 0 Å². The number of halogens is 1. The zero-order chi connectivity index (χ0) is 12.8. The minimum absolute atomic E-state index is 0.531. The van der Waals surface area contributed by atoms with Gasteiger partial charge in [-0.2, -0.15) is 11.3 Å². The van der Waals surface area contributed by atoms with Crippen LogP contribution in [0.1, 0.15) is 17.5 Å². The molecule has 2 aromatic rings. The summed E-state index contributed by atoms with van der Waals surface area (Å²) in [5.41, 5.74) is 2.83. The predicted octanol–water partition coefficient (Wildman–Crippen LogP) is 4.27. The van der Waals surface area contributed by atoms with Crippen LogP contribution in [-0.4, -0.2) is 13.1 Å². The molecule has 96 valence electrons. The quantitative estimate of drug-likeness (QED) is 0.836. The number of likely N-dealkylation sites (N-methyl/N-ethyl adjacent to an activating group) is 1. The number of aryl methyl sites for hydroxylation is 1. The molecule has 1 aromatic carbocycles. The Bertz CT molecular complexity index is 467. The van der Waals surface area contributed by atoms with Crippen LogP contribution in [0.4, 0.5) is 0 Å². The van der Waals surface area contributed by atoms with E-state index in [0.29, 0.717) is 6.04 Å². The number of hydrogen-bond acceptors (Lipinski definition) is 2. The minimum atomic E-state index is 0.531. The van der Waals surface area contributed by atoms with E-state index in [1.807, 2.05) is 0 Å². The van der Waals surface area contributed by atoms with Gasteiger partial charge in [-0.25, -0.2) is 0 Å². The summed E-state index contributed by atoms with van der Waals surface area (Å²) in [6, 6.07) is 11.2. The Morgan fingerprint density at radius 2 is 2.11 bits per heavy atom. The molecule has 0 fully saturated rings. The molecule has 18 heavy (non-hydrogen) atoms. The van der Waals surface area contributed by atoms with Crippen molar-refractivity contribution in [2.24, 2.45) is 0 Å². The van der Waals surface area contributed by atoms with E-state index in [1.54, 1.807) is 11.3 Å². The van der Waals surface area contributed by atoms with Gasteiger partial charge in [-0.15, -0.1) is 0 Å². The first kappa shape index (κ1) is 13.8. The molecule has 0 spiro atoms. The van der Waals surface area contributed by atoms with E-state index < -0.39 is 0 Å². The first-order valence-electron chi connectivity index (χ1n) is 6.21. The van der Waals surface area contributed by atoms with Crippen LogP contribution < -0.4 is 5.32 Å². The van der Waals surface area contributed by atoms with Crippen LogP contribution in [-0.2, 0) is 12.8 Å².